The third kappa shape index (κ3) is 5.63. The first-order chi connectivity index (χ1) is 17.1. The number of benzene rings is 1. The van der Waals surface area contributed by atoms with Gasteiger partial charge < -0.3 is 15.0 Å². The summed E-state index contributed by atoms with van der Waals surface area (Å²) in [6.45, 7) is 12.7. The van der Waals surface area contributed by atoms with E-state index in [9.17, 15) is 14.4 Å². The molecular formula is C26H31ClN4O4S. The molecule has 0 aliphatic carbocycles. The van der Waals surface area contributed by atoms with Crippen molar-refractivity contribution in [2.75, 3.05) is 25.0 Å². The van der Waals surface area contributed by atoms with Gasteiger partial charge in [0.2, 0.25) is 0 Å². The molecule has 0 aliphatic rings. The quantitative estimate of drug-likeness (QED) is 0.369. The summed E-state index contributed by atoms with van der Waals surface area (Å²) in [6.07, 6.45) is 0. The fourth-order valence-electron chi connectivity index (χ4n) is 3.90. The molecule has 2 amide bonds. The normalized spacial score (nSPS) is 10.9. The third-order valence-electron chi connectivity index (χ3n) is 5.91. The van der Waals surface area contributed by atoms with Crippen LogP contribution >= 0.6 is 22.9 Å². The molecule has 2 aromatic heterocycles. The molecule has 1 N–H and O–H groups in total. The molecular weight excluding hydrogens is 500 g/mol. The number of carbonyl (C=O) groups excluding carboxylic acids is 3. The second-order valence-corrected chi connectivity index (χ2v) is 9.65. The number of hydrogen-bond acceptors (Lipinski definition) is 6. The molecule has 0 bridgehead atoms. The minimum atomic E-state index is -0.574. The van der Waals surface area contributed by atoms with Gasteiger partial charge in [-0.2, -0.15) is 5.10 Å². The summed E-state index contributed by atoms with van der Waals surface area (Å²) < 4.78 is 7.02. The molecule has 10 heteroatoms. The van der Waals surface area contributed by atoms with E-state index in [2.05, 4.69) is 10.4 Å². The Morgan fingerprint density at radius 1 is 1.14 bits per heavy atom. The van der Waals surface area contributed by atoms with E-state index < -0.39 is 11.9 Å². The lowest BCUT2D eigenvalue weighted by atomic mass is 10.1. The Morgan fingerprint density at radius 2 is 1.83 bits per heavy atom. The van der Waals surface area contributed by atoms with Crippen molar-refractivity contribution in [1.82, 2.24) is 14.7 Å². The molecule has 36 heavy (non-hydrogen) atoms. The van der Waals surface area contributed by atoms with E-state index >= 15 is 0 Å². The summed E-state index contributed by atoms with van der Waals surface area (Å²) >= 11 is 7.35. The SMILES string of the molecule is CCOC(=O)c1c(NC(=O)c2cccc(Cn3nc(C)c(Cl)c3C)c2)sc(C(=O)N(CC)CC)c1C. The highest BCUT2D eigenvalue weighted by atomic mass is 35.5. The number of hydrogen-bond donors (Lipinski definition) is 1. The summed E-state index contributed by atoms with van der Waals surface area (Å²) in [5.41, 5.74) is 3.59. The zero-order valence-electron chi connectivity index (χ0n) is 21.4. The molecule has 0 radical (unpaired) electrons. The monoisotopic (exact) mass is 530 g/mol. The Bertz CT molecular complexity index is 1290. The van der Waals surface area contributed by atoms with Crippen LogP contribution in [-0.4, -0.2) is 52.2 Å². The van der Waals surface area contributed by atoms with Crippen molar-refractivity contribution in [3.63, 3.8) is 0 Å². The van der Waals surface area contributed by atoms with Crippen LogP contribution in [0.3, 0.4) is 0 Å². The predicted molar refractivity (Wildman–Crippen MR) is 142 cm³/mol. The van der Waals surface area contributed by atoms with E-state index in [1.54, 1.807) is 41.6 Å². The fraction of sp³-hybridized carbons (Fsp3) is 0.385. The van der Waals surface area contributed by atoms with Gasteiger partial charge in [-0.05, 0) is 64.8 Å². The molecule has 3 aromatic rings. The van der Waals surface area contributed by atoms with Gasteiger partial charge in [0.15, 0.2) is 0 Å². The summed E-state index contributed by atoms with van der Waals surface area (Å²) in [7, 11) is 0. The van der Waals surface area contributed by atoms with Gasteiger partial charge in [0.25, 0.3) is 11.8 Å². The number of carbonyl (C=O) groups is 3. The molecule has 192 valence electrons. The van der Waals surface area contributed by atoms with Crippen molar-refractivity contribution >= 4 is 45.7 Å². The molecule has 0 saturated carbocycles. The molecule has 8 nitrogen and oxygen atoms in total. The van der Waals surface area contributed by atoms with E-state index in [1.807, 2.05) is 33.8 Å². The lowest BCUT2D eigenvalue weighted by molar-refractivity contribution is 0.0527. The van der Waals surface area contributed by atoms with E-state index in [0.29, 0.717) is 45.7 Å². The molecule has 1 aromatic carbocycles. The highest BCUT2D eigenvalue weighted by Crippen LogP contribution is 2.35. The Morgan fingerprint density at radius 3 is 2.42 bits per heavy atom. The third-order valence-corrected chi connectivity index (χ3v) is 7.66. The zero-order chi connectivity index (χ0) is 26.6. The molecule has 0 atom stereocenters. The number of halogens is 1. The lowest BCUT2D eigenvalue weighted by Gasteiger charge is -2.18. The number of ether oxygens (including phenoxy) is 1. The topological polar surface area (TPSA) is 93.5 Å². The number of thiophene rings is 1. The van der Waals surface area contributed by atoms with E-state index in [4.69, 9.17) is 16.3 Å². The number of nitrogens with zero attached hydrogens (tertiary/aromatic N) is 3. The summed E-state index contributed by atoms with van der Waals surface area (Å²) in [4.78, 5) is 41.1. The smallest absolute Gasteiger partial charge is 0.341 e. The van der Waals surface area contributed by atoms with Crippen molar-refractivity contribution in [1.29, 1.82) is 0 Å². The maximum Gasteiger partial charge on any atom is 0.341 e. The summed E-state index contributed by atoms with van der Waals surface area (Å²) in [6, 6.07) is 7.16. The molecule has 0 aliphatic heterocycles. The Labute approximate surface area is 220 Å². The van der Waals surface area contributed by atoms with Crippen LogP contribution in [0.15, 0.2) is 24.3 Å². The van der Waals surface area contributed by atoms with Gasteiger partial charge in [-0.3, -0.25) is 14.3 Å². The molecule has 0 unspecified atom stereocenters. The van der Waals surface area contributed by atoms with Crippen molar-refractivity contribution in [3.05, 3.63) is 67.8 Å². The first-order valence-electron chi connectivity index (χ1n) is 11.8. The van der Waals surface area contributed by atoms with Crippen LogP contribution in [0.25, 0.3) is 0 Å². The van der Waals surface area contributed by atoms with Crippen LogP contribution in [0, 0.1) is 20.8 Å². The van der Waals surface area contributed by atoms with Crippen LogP contribution in [-0.2, 0) is 11.3 Å². The van der Waals surface area contributed by atoms with Gasteiger partial charge in [-0.15, -0.1) is 11.3 Å². The number of rotatable bonds is 9. The first kappa shape index (κ1) is 27.4. The zero-order valence-corrected chi connectivity index (χ0v) is 23.0. The van der Waals surface area contributed by atoms with Crippen LogP contribution in [0.4, 0.5) is 5.00 Å². The average Bonchev–Trinajstić information content (AvgIpc) is 3.30. The van der Waals surface area contributed by atoms with Crippen molar-refractivity contribution < 1.29 is 19.1 Å². The second kappa shape index (κ2) is 11.7. The van der Waals surface area contributed by atoms with Crippen LogP contribution in [0.5, 0.6) is 0 Å². The number of amides is 2. The Kier molecular flexibility index (Phi) is 8.92. The van der Waals surface area contributed by atoms with Gasteiger partial charge in [-0.1, -0.05) is 23.7 Å². The van der Waals surface area contributed by atoms with Crippen LogP contribution in [0.1, 0.15) is 73.7 Å². The predicted octanol–water partition coefficient (Wildman–Crippen LogP) is 5.48. The molecule has 3 rings (SSSR count). The van der Waals surface area contributed by atoms with Gasteiger partial charge in [0.1, 0.15) is 5.00 Å². The molecule has 0 fully saturated rings. The minimum Gasteiger partial charge on any atom is -0.462 e. The summed E-state index contributed by atoms with van der Waals surface area (Å²) in [5, 5.41) is 8.21. The Balaban J connectivity index is 1.92. The number of aromatic nitrogens is 2. The van der Waals surface area contributed by atoms with Crippen molar-refractivity contribution in [2.45, 2.75) is 48.1 Å². The van der Waals surface area contributed by atoms with Gasteiger partial charge in [-0.25, -0.2) is 4.79 Å². The number of anilines is 1. The lowest BCUT2D eigenvalue weighted by Crippen LogP contribution is -2.30. The molecule has 2 heterocycles. The maximum atomic E-state index is 13.2. The van der Waals surface area contributed by atoms with E-state index in [1.165, 1.54) is 0 Å². The van der Waals surface area contributed by atoms with Crippen molar-refractivity contribution in [2.24, 2.45) is 0 Å². The van der Waals surface area contributed by atoms with Gasteiger partial charge >= 0.3 is 5.97 Å². The number of esters is 1. The van der Waals surface area contributed by atoms with E-state index in [0.717, 1.165) is 28.3 Å². The number of nitrogens with one attached hydrogen (secondary N) is 1. The Hall–Kier alpha value is -3.17. The molecule has 0 spiro atoms. The molecule has 0 saturated heterocycles. The van der Waals surface area contributed by atoms with E-state index in [-0.39, 0.29) is 18.1 Å². The highest BCUT2D eigenvalue weighted by Gasteiger charge is 2.28. The standard InChI is InChI=1S/C26H31ClN4O4S/c1-7-30(8-2)25(33)22-15(4)20(26(34)35-9-3)24(36-22)28-23(32)19-12-10-11-18(13-19)14-31-17(6)21(27)16(5)29-31/h10-13H,7-9,14H2,1-6H3,(H,28,32). The highest BCUT2D eigenvalue weighted by molar-refractivity contribution is 7.18. The van der Waals surface area contributed by atoms with Crippen LogP contribution < -0.4 is 5.32 Å². The maximum absolute atomic E-state index is 13.2. The second-order valence-electron chi connectivity index (χ2n) is 8.26. The van der Waals surface area contributed by atoms with Gasteiger partial charge in [0, 0.05) is 18.7 Å². The summed E-state index contributed by atoms with van der Waals surface area (Å²) in [5.74, 6) is -1.15. The average molecular weight is 531 g/mol. The first-order valence-corrected chi connectivity index (χ1v) is 13.0. The fourth-order valence-corrected chi connectivity index (χ4v) is 5.19. The minimum absolute atomic E-state index is 0.180. The van der Waals surface area contributed by atoms with Crippen LogP contribution in [0.2, 0.25) is 5.02 Å². The van der Waals surface area contributed by atoms with Crippen molar-refractivity contribution in [3.8, 4) is 0 Å². The number of aryl methyl sites for hydroxylation is 1. The largest absolute Gasteiger partial charge is 0.462 e. The van der Waals surface area contributed by atoms with Gasteiger partial charge in [0.05, 0.1) is 40.0 Å².